The topological polar surface area (TPSA) is 95.9 Å². The Labute approximate surface area is 118 Å². The van der Waals surface area contributed by atoms with Crippen molar-refractivity contribution in [2.75, 3.05) is 13.2 Å². The molecule has 7 nitrogen and oxygen atoms in total. The number of rotatable bonds is 4. The zero-order chi connectivity index (χ0) is 15.3. The van der Waals surface area contributed by atoms with Crippen molar-refractivity contribution in [3.63, 3.8) is 0 Å². The lowest BCUT2D eigenvalue weighted by atomic mass is 9.93. The summed E-state index contributed by atoms with van der Waals surface area (Å²) in [5.41, 5.74) is 0. The summed E-state index contributed by atoms with van der Waals surface area (Å²) in [6.07, 6.45) is 1.18. The van der Waals surface area contributed by atoms with Gasteiger partial charge in [-0.25, -0.2) is 14.4 Å². The van der Waals surface area contributed by atoms with Gasteiger partial charge in [0.2, 0.25) is 0 Å². The summed E-state index contributed by atoms with van der Waals surface area (Å²) in [5, 5.41) is 11.7. The summed E-state index contributed by atoms with van der Waals surface area (Å²) in [6.45, 7) is 5.77. The van der Waals surface area contributed by atoms with Gasteiger partial charge in [-0.15, -0.1) is 0 Å². The van der Waals surface area contributed by atoms with Gasteiger partial charge in [0.05, 0.1) is 6.61 Å². The van der Waals surface area contributed by atoms with Crippen LogP contribution in [0.5, 0.6) is 0 Å². The van der Waals surface area contributed by atoms with Crippen LogP contribution in [0, 0.1) is 5.92 Å². The minimum Gasteiger partial charge on any atom is -0.480 e. The van der Waals surface area contributed by atoms with E-state index in [9.17, 15) is 19.5 Å². The predicted molar refractivity (Wildman–Crippen MR) is 71.2 cm³/mol. The van der Waals surface area contributed by atoms with Gasteiger partial charge in [0.25, 0.3) is 0 Å². The molecule has 1 fully saturated rings. The van der Waals surface area contributed by atoms with E-state index in [1.807, 2.05) is 6.92 Å². The number of carbonyl (C=O) groups is 3. The van der Waals surface area contributed by atoms with Gasteiger partial charge in [-0.3, -0.25) is 0 Å². The second-order valence-electron chi connectivity index (χ2n) is 5.10. The zero-order valence-electron chi connectivity index (χ0n) is 12.1. The Bertz CT molecular complexity index is 385. The molecule has 0 aromatic rings. The number of nitrogens with one attached hydrogen (secondary N) is 1. The molecule has 0 saturated carbocycles. The fraction of sp³-hybridized carbons (Fsp3) is 0.769. The molecular formula is C13H22N2O5. The fourth-order valence-corrected chi connectivity index (χ4v) is 2.21. The molecule has 3 unspecified atom stereocenters. The highest BCUT2D eigenvalue weighted by Gasteiger charge is 2.35. The third-order valence-electron chi connectivity index (χ3n) is 3.39. The molecular weight excluding hydrogens is 264 g/mol. The van der Waals surface area contributed by atoms with Crippen LogP contribution < -0.4 is 5.32 Å². The molecule has 1 aliphatic rings. The summed E-state index contributed by atoms with van der Waals surface area (Å²) >= 11 is 0. The van der Waals surface area contributed by atoms with Crippen molar-refractivity contribution in [2.45, 2.75) is 45.7 Å². The summed E-state index contributed by atoms with van der Waals surface area (Å²) in [5.74, 6) is -1.28. The average molecular weight is 286 g/mol. The molecule has 2 amide bonds. The largest absolute Gasteiger partial charge is 0.480 e. The van der Waals surface area contributed by atoms with E-state index in [4.69, 9.17) is 4.74 Å². The Morgan fingerprint density at radius 1 is 1.45 bits per heavy atom. The molecule has 1 saturated heterocycles. The van der Waals surface area contributed by atoms with Gasteiger partial charge in [-0.1, -0.05) is 6.92 Å². The van der Waals surface area contributed by atoms with Crippen LogP contribution in [0.25, 0.3) is 0 Å². The number of aliphatic carboxylic acids is 1. The van der Waals surface area contributed by atoms with Gasteiger partial charge in [0.15, 0.2) is 0 Å². The van der Waals surface area contributed by atoms with Crippen molar-refractivity contribution in [3.05, 3.63) is 0 Å². The van der Waals surface area contributed by atoms with Crippen LogP contribution in [0.1, 0.15) is 33.6 Å². The van der Waals surface area contributed by atoms with Crippen molar-refractivity contribution in [3.8, 4) is 0 Å². The standard InChI is InChI=1S/C13H22N2O5/c1-4-20-12(18)9(3)14-13(19)15-6-5-8(2)7-10(15)11(16)17/h8-10H,4-7H2,1-3H3,(H,14,19)(H,16,17). The third kappa shape index (κ3) is 4.11. The molecule has 0 spiro atoms. The van der Waals surface area contributed by atoms with Crippen LogP contribution in [0.4, 0.5) is 4.79 Å². The Morgan fingerprint density at radius 3 is 2.65 bits per heavy atom. The molecule has 3 atom stereocenters. The third-order valence-corrected chi connectivity index (χ3v) is 3.39. The number of esters is 1. The summed E-state index contributed by atoms with van der Waals surface area (Å²) in [6, 6.07) is -2.17. The van der Waals surface area contributed by atoms with Gasteiger partial charge in [-0.05, 0) is 32.6 Å². The van der Waals surface area contributed by atoms with E-state index in [1.165, 1.54) is 11.8 Å². The van der Waals surface area contributed by atoms with Crippen LogP contribution in [-0.4, -0.2) is 53.2 Å². The van der Waals surface area contributed by atoms with Crippen molar-refractivity contribution in [1.82, 2.24) is 10.2 Å². The first-order valence-electron chi connectivity index (χ1n) is 6.83. The van der Waals surface area contributed by atoms with Crippen molar-refractivity contribution >= 4 is 18.0 Å². The molecule has 0 aromatic carbocycles. The fourth-order valence-electron chi connectivity index (χ4n) is 2.21. The van der Waals surface area contributed by atoms with Crippen LogP contribution in [0.15, 0.2) is 0 Å². The first kappa shape index (κ1) is 16.3. The molecule has 0 aliphatic carbocycles. The number of carbonyl (C=O) groups excluding carboxylic acids is 2. The summed E-state index contributed by atoms with van der Waals surface area (Å²) in [4.78, 5) is 36.0. The van der Waals surface area contributed by atoms with E-state index in [0.29, 0.717) is 13.0 Å². The maximum atomic E-state index is 12.1. The summed E-state index contributed by atoms with van der Waals surface area (Å²) < 4.78 is 4.79. The maximum Gasteiger partial charge on any atom is 0.328 e. The van der Waals surface area contributed by atoms with Gasteiger partial charge in [-0.2, -0.15) is 0 Å². The zero-order valence-corrected chi connectivity index (χ0v) is 12.1. The highest BCUT2D eigenvalue weighted by Crippen LogP contribution is 2.22. The van der Waals surface area contributed by atoms with Crippen molar-refractivity contribution < 1.29 is 24.2 Å². The number of likely N-dealkylation sites (tertiary alicyclic amines) is 1. The van der Waals surface area contributed by atoms with Crippen LogP contribution in [0.3, 0.4) is 0 Å². The first-order chi connectivity index (χ1) is 9.36. The second-order valence-corrected chi connectivity index (χ2v) is 5.10. The lowest BCUT2D eigenvalue weighted by Crippen LogP contribution is -2.55. The van der Waals surface area contributed by atoms with Gasteiger partial charge < -0.3 is 20.1 Å². The number of urea groups is 1. The molecule has 114 valence electrons. The van der Waals surface area contributed by atoms with E-state index in [2.05, 4.69) is 5.32 Å². The Hall–Kier alpha value is -1.79. The molecule has 7 heteroatoms. The van der Waals surface area contributed by atoms with E-state index in [-0.39, 0.29) is 12.5 Å². The number of amides is 2. The summed E-state index contributed by atoms with van der Waals surface area (Å²) in [7, 11) is 0. The minimum absolute atomic E-state index is 0.234. The highest BCUT2D eigenvalue weighted by molar-refractivity contribution is 5.86. The molecule has 20 heavy (non-hydrogen) atoms. The number of carboxylic acid groups (broad SMARTS) is 1. The number of nitrogens with zero attached hydrogens (tertiary/aromatic N) is 1. The Kier molecular flexibility index (Phi) is 5.79. The minimum atomic E-state index is -1.02. The molecule has 0 bridgehead atoms. The number of hydrogen-bond donors (Lipinski definition) is 2. The van der Waals surface area contributed by atoms with Crippen molar-refractivity contribution in [1.29, 1.82) is 0 Å². The van der Waals surface area contributed by atoms with Crippen molar-refractivity contribution in [2.24, 2.45) is 5.92 Å². The van der Waals surface area contributed by atoms with Gasteiger partial charge >= 0.3 is 18.0 Å². The van der Waals surface area contributed by atoms with E-state index in [0.717, 1.165) is 6.42 Å². The molecule has 1 heterocycles. The smallest absolute Gasteiger partial charge is 0.328 e. The number of hydrogen-bond acceptors (Lipinski definition) is 4. The molecule has 0 aromatic heterocycles. The molecule has 0 radical (unpaired) electrons. The van der Waals surface area contributed by atoms with E-state index in [1.54, 1.807) is 6.92 Å². The first-order valence-corrected chi connectivity index (χ1v) is 6.83. The van der Waals surface area contributed by atoms with E-state index >= 15 is 0 Å². The Balaban J connectivity index is 2.65. The maximum absolute atomic E-state index is 12.1. The SMILES string of the molecule is CCOC(=O)C(C)NC(=O)N1CCC(C)CC1C(=O)O. The quantitative estimate of drug-likeness (QED) is 0.746. The van der Waals surface area contributed by atoms with Crippen LogP contribution in [0.2, 0.25) is 0 Å². The predicted octanol–water partition coefficient (Wildman–Crippen LogP) is 0.833. The highest BCUT2D eigenvalue weighted by atomic mass is 16.5. The molecule has 1 aliphatic heterocycles. The van der Waals surface area contributed by atoms with Gasteiger partial charge in [0, 0.05) is 6.54 Å². The number of carboxylic acids is 1. The lowest BCUT2D eigenvalue weighted by molar-refractivity contribution is -0.144. The monoisotopic (exact) mass is 286 g/mol. The number of ether oxygens (including phenoxy) is 1. The normalized spacial score (nSPS) is 23.9. The van der Waals surface area contributed by atoms with Gasteiger partial charge in [0.1, 0.15) is 12.1 Å². The average Bonchev–Trinajstić information content (AvgIpc) is 2.38. The molecule has 2 N–H and O–H groups in total. The second kappa shape index (κ2) is 7.12. The molecule has 1 rings (SSSR count). The Morgan fingerprint density at radius 2 is 2.10 bits per heavy atom. The number of piperidine rings is 1. The van der Waals surface area contributed by atoms with Crippen LogP contribution in [-0.2, 0) is 14.3 Å². The van der Waals surface area contributed by atoms with E-state index < -0.39 is 30.1 Å². The van der Waals surface area contributed by atoms with Crippen LogP contribution >= 0.6 is 0 Å². The lowest BCUT2D eigenvalue weighted by Gasteiger charge is -2.36.